The van der Waals surface area contributed by atoms with Gasteiger partial charge < -0.3 is 0 Å². The van der Waals surface area contributed by atoms with Crippen molar-refractivity contribution in [2.75, 3.05) is 0 Å². The molecule has 1 aromatic heterocycles. The minimum atomic E-state index is 0.227. The van der Waals surface area contributed by atoms with Crippen molar-refractivity contribution in [3.8, 4) is 0 Å². The number of carbonyl (C=O) groups is 1. The van der Waals surface area contributed by atoms with Crippen molar-refractivity contribution in [1.82, 2.24) is 4.98 Å². The van der Waals surface area contributed by atoms with Crippen LogP contribution in [0.2, 0.25) is 5.02 Å². The summed E-state index contributed by atoms with van der Waals surface area (Å²) in [7, 11) is 0. The number of aromatic nitrogens is 1. The number of hydrogen-bond donors (Lipinski definition) is 0. The van der Waals surface area contributed by atoms with Crippen LogP contribution in [0.5, 0.6) is 0 Å². The largest absolute Gasteiger partial charge is 0.295 e. The van der Waals surface area contributed by atoms with Gasteiger partial charge in [0.25, 0.3) is 0 Å². The summed E-state index contributed by atoms with van der Waals surface area (Å²) in [4.78, 5) is 14.9. The predicted molar refractivity (Wildman–Crippen MR) is 55.3 cm³/mol. The summed E-state index contributed by atoms with van der Waals surface area (Å²) in [5, 5.41) is 0.674. The van der Waals surface area contributed by atoms with Crippen LogP contribution in [0, 0.1) is 0 Å². The van der Waals surface area contributed by atoms with Crippen LogP contribution < -0.4 is 0 Å². The van der Waals surface area contributed by atoms with Crippen molar-refractivity contribution in [2.45, 2.75) is 19.3 Å². The molecule has 0 atom stereocenters. The van der Waals surface area contributed by atoms with E-state index in [4.69, 9.17) is 11.6 Å². The third-order valence-corrected chi connectivity index (χ3v) is 2.67. The number of nitrogens with zero attached hydrogens (tertiary/aromatic N) is 1. The Morgan fingerprint density at radius 2 is 2.29 bits per heavy atom. The predicted octanol–water partition coefficient (Wildman–Crippen LogP) is 2.57. The molecular weight excluding hydrogens is 198 g/mol. The average Bonchev–Trinajstić information content (AvgIpc) is 2.56. The first-order valence-electron chi connectivity index (χ1n) is 4.56. The molecule has 1 aromatic rings. The van der Waals surface area contributed by atoms with Gasteiger partial charge in [-0.25, -0.2) is 0 Å². The molecule has 2 nitrogen and oxygen atoms in total. The molecular formula is C11H10ClNO. The molecule has 0 saturated carbocycles. The standard InChI is InChI=1S/C11H10ClNO/c12-11-7-13-4-3-9(11)5-8-1-2-10(14)6-8/h3-4,6-7H,1-2,5H2. The van der Waals surface area contributed by atoms with Crippen LogP contribution in [0.15, 0.2) is 30.1 Å². The number of ketones is 1. The summed E-state index contributed by atoms with van der Waals surface area (Å²) in [6.45, 7) is 0. The van der Waals surface area contributed by atoms with Crippen molar-refractivity contribution in [2.24, 2.45) is 0 Å². The smallest absolute Gasteiger partial charge is 0.155 e. The Morgan fingerprint density at radius 3 is 2.93 bits per heavy atom. The van der Waals surface area contributed by atoms with E-state index in [1.165, 1.54) is 5.57 Å². The molecule has 1 heterocycles. The second-order valence-electron chi connectivity index (χ2n) is 3.41. The number of allylic oxidation sites excluding steroid dienone is 2. The zero-order valence-corrected chi connectivity index (χ0v) is 8.42. The number of hydrogen-bond acceptors (Lipinski definition) is 2. The van der Waals surface area contributed by atoms with Gasteiger partial charge in [0.05, 0.1) is 5.02 Å². The molecule has 3 heteroatoms. The van der Waals surface area contributed by atoms with E-state index in [2.05, 4.69) is 4.98 Å². The van der Waals surface area contributed by atoms with Gasteiger partial charge in [0.15, 0.2) is 5.78 Å². The molecule has 0 aliphatic heterocycles. The van der Waals surface area contributed by atoms with E-state index in [0.717, 1.165) is 18.4 Å². The van der Waals surface area contributed by atoms with Crippen molar-refractivity contribution >= 4 is 17.4 Å². The van der Waals surface area contributed by atoms with Gasteiger partial charge in [-0.15, -0.1) is 0 Å². The quantitative estimate of drug-likeness (QED) is 0.746. The Bertz CT molecular complexity index is 398. The molecule has 2 rings (SSSR count). The van der Waals surface area contributed by atoms with E-state index in [1.807, 2.05) is 6.07 Å². The summed E-state index contributed by atoms with van der Waals surface area (Å²) in [6, 6.07) is 1.89. The molecule has 0 amide bonds. The molecule has 1 aliphatic rings. The van der Waals surface area contributed by atoms with Gasteiger partial charge in [-0.05, 0) is 30.5 Å². The van der Waals surface area contributed by atoms with Crippen molar-refractivity contribution in [1.29, 1.82) is 0 Å². The van der Waals surface area contributed by atoms with E-state index < -0.39 is 0 Å². The lowest BCUT2D eigenvalue weighted by atomic mass is 10.1. The highest BCUT2D eigenvalue weighted by Gasteiger charge is 2.13. The molecule has 14 heavy (non-hydrogen) atoms. The van der Waals surface area contributed by atoms with Gasteiger partial charge in [0.1, 0.15) is 0 Å². The normalized spacial score (nSPS) is 15.8. The molecule has 0 radical (unpaired) electrons. The van der Waals surface area contributed by atoms with Gasteiger partial charge in [0.2, 0.25) is 0 Å². The Hall–Kier alpha value is -1.15. The second-order valence-corrected chi connectivity index (χ2v) is 3.82. The van der Waals surface area contributed by atoms with E-state index in [-0.39, 0.29) is 5.78 Å². The summed E-state index contributed by atoms with van der Waals surface area (Å²) in [5.41, 5.74) is 2.21. The minimum Gasteiger partial charge on any atom is -0.295 e. The summed E-state index contributed by atoms with van der Waals surface area (Å²) in [5.74, 6) is 0.227. The maximum atomic E-state index is 11.0. The van der Waals surface area contributed by atoms with E-state index in [0.29, 0.717) is 11.4 Å². The van der Waals surface area contributed by atoms with Crippen molar-refractivity contribution in [3.05, 3.63) is 40.7 Å². The van der Waals surface area contributed by atoms with Crippen LogP contribution in [0.4, 0.5) is 0 Å². The third-order valence-electron chi connectivity index (χ3n) is 2.33. The van der Waals surface area contributed by atoms with Crippen LogP contribution in [0.3, 0.4) is 0 Å². The zero-order chi connectivity index (χ0) is 9.97. The number of rotatable bonds is 2. The molecule has 0 fully saturated rings. The molecule has 0 bridgehead atoms. The highest BCUT2D eigenvalue weighted by atomic mass is 35.5. The fourth-order valence-electron chi connectivity index (χ4n) is 1.59. The first-order valence-corrected chi connectivity index (χ1v) is 4.94. The minimum absolute atomic E-state index is 0.227. The van der Waals surface area contributed by atoms with Crippen molar-refractivity contribution in [3.63, 3.8) is 0 Å². The van der Waals surface area contributed by atoms with Crippen molar-refractivity contribution < 1.29 is 4.79 Å². The molecule has 0 spiro atoms. The zero-order valence-electron chi connectivity index (χ0n) is 7.66. The van der Waals surface area contributed by atoms with Crippen LogP contribution in [0.1, 0.15) is 18.4 Å². The van der Waals surface area contributed by atoms with Gasteiger partial charge in [-0.3, -0.25) is 9.78 Å². The monoisotopic (exact) mass is 207 g/mol. The number of halogens is 1. The first kappa shape index (κ1) is 9.41. The van der Waals surface area contributed by atoms with Crippen LogP contribution in [0.25, 0.3) is 0 Å². The van der Waals surface area contributed by atoms with Crippen LogP contribution in [-0.2, 0) is 11.2 Å². The topological polar surface area (TPSA) is 30.0 Å². The molecule has 0 N–H and O–H groups in total. The lowest BCUT2D eigenvalue weighted by Crippen LogP contribution is -1.89. The fourth-order valence-corrected chi connectivity index (χ4v) is 1.77. The lowest BCUT2D eigenvalue weighted by molar-refractivity contribution is -0.114. The molecule has 0 saturated heterocycles. The Labute approximate surface area is 87.6 Å². The van der Waals surface area contributed by atoms with E-state index in [1.54, 1.807) is 18.5 Å². The SMILES string of the molecule is O=C1C=C(Cc2ccncc2Cl)CC1. The average molecular weight is 208 g/mol. The highest BCUT2D eigenvalue weighted by Crippen LogP contribution is 2.23. The van der Waals surface area contributed by atoms with Crippen LogP contribution in [-0.4, -0.2) is 10.8 Å². The second kappa shape index (κ2) is 3.93. The molecule has 0 unspecified atom stereocenters. The van der Waals surface area contributed by atoms with Gasteiger partial charge in [0, 0.05) is 18.8 Å². The first-order chi connectivity index (χ1) is 6.75. The van der Waals surface area contributed by atoms with Gasteiger partial charge >= 0.3 is 0 Å². The maximum absolute atomic E-state index is 11.0. The van der Waals surface area contributed by atoms with Gasteiger partial charge in [-0.2, -0.15) is 0 Å². The molecule has 72 valence electrons. The summed E-state index contributed by atoms with van der Waals surface area (Å²) in [6.07, 6.45) is 7.38. The Kier molecular flexibility index (Phi) is 2.64. The number of carbonyl (C=O) groups excluding carboxylic acids is 1. The Balaban J connectivity index is 2.15. The summed E-state index contributed by atoms with van der Waals surface area (Å²) < 4.78 is 0. The lowest BCUT2D eigenvalue weighted by Gasteiger charge is -2.03. The molecule has 1 aliphatic carbocycles. The fraction of sp³-hybridized carbons (Fsp3) is 0.273. The summed E-state index contributed by atoms with van der Waals surface area (Å²) >= 11 is 5.96. The van der Waals surface area contributed by atoms with Gasteiger partial charge in [-0.1, -0.05) is 17.2 Å². The Morgan fingerprint density at radius 1 is 1.43 bits per heavy atom. The maximum Gasteiger partial charge on any atom is 0.155 e. The molecule has 0 aromatic carbocycles. The number of pyridine rings is 1. The van der Waals surface area contributed by atoms with E-state index in [9.17, 15) is 4.79 Å². The van der Waals surface area contributed by atoms with Crippen LogP contribution >= 0.6 is 11.6 Å². The third kappa shape index (κ3) is 2.02. The van der Waals surface area contributed by atoms with E-state index >= 15 is 0 Å². The highest BCUT2D eigenvalue weighted by molar-refractivity contribution is 6.31.